The van der Waals surface area contributed by atoms with Gasteiger partial charge in [0.25, 0.3) is 0 Å². The van der Waals surface area contributed by atoms with E-state index in [1.165, 1.54) is 0 Å². The lowest BCUT2D eigenvalue weighted by atomic mass is 10.0. The molecular weight excluding hydrogens is 338 g/mol. The highest BCUT2D eigenvalue weighted by Gasteiger charge is 2.15. The number of rotatable bonds is 4. The summed E-state index contributed by atoms with van der Waals surface area (Å²) >= 11 is 0. The normalized spacial score (nSPS) is 11.2. The summed E-state index contributed by atoms with van der Waals surface area (Å²) in [5.74, 6) is 1.10. The van der Waals surface area contributed by atoms with Gasteiger partial charge in [-0.1, -0.05) is 42.5 Å². The summed E-state index contributed by atoms with van der Waals surface area (Å²) in [4.78, 5) is 25.9. The Balaban J connectivity index is 1.82. The highest BCUT2D eigenvalue weighted by Crippen LogP contribution is 2.30. The molecule has 2 heterocycles. The Hall–Kier alpha value is -3.41. The molecule has 4 rings (SSSR count). The van der Waals surface area contributed by atoms with E-state index in [0.29, 0.717) is 30.2 Å². The van der Waals surface area contributed by atoms with E-state index in [-0.39, 0.29) is 5.91 Å². The molecule has 0 atom stereocenters. The zero-order valence-electron chi connectivity index (χ0n) is 15.4. The predicted molar refractivity (Wildman–Crippen MR) is 108 cm³/mol. The van der Waals surface area contributed by atoms with E-state index in [1.54, 1.807) is 11.8 Å². The number of imidazole rings is 1. The van der Waals surface area contributed by atoms with Crippen LogP contribution in [0, 0.1) is 0 Å². The molecule has 0 saturated heterocycles. The summed E-state index contributed by atoms with van der Waals surface area (Å²) in [6.07, 6.45) is 0. The molecule has 0 aliphatic heterocycles. The van der Waals surface area contributed by atoms with Crippen LogP contribution in [0.5, 0.6) is 0 Å². The fourth-order valence-corrected chi connectivity index (χ4v) is 3.33. The first-order chi connectivity index (χ1) is 13.1. The SMILES string of the molecule is CCN(Cc1nc2c(N)nc3cc(-c4ccccc4)ccc3c2[nH]1)C(C)=O. The molecule has 0 radical (unpaired) electrons. The number of pyridine rings is 1. The van der Waals surface area contributed by atoms with E-state index in [9.17, 15) is 4.79 Å². The van der Waals surface area contributed by atoms with Crippen molar-refractivity contribution >= 4 is 33.7 Å². The minimum atomic E-state index is 0.0152. The minimum Gasteiger partial charge on any atom is -0.382 e. The van der Waals surface area contributed by atoms with Gasteiger partial charge < -0.3 is 15.6 Å². The Kier molecular flexibility index (Phi) is 4.24. The Morgan fingerprint density at radius 1 is 1.11 bits per heavy atom. The Morgan fingerprint density at radius 3 is 2.59 bits per heavy atom. The molecule has 3 N–H and O–H groups in total. The number of nitrogens with one attached hydrogen (secondary N) is 1. The van der Waals surface area contributed by atoms with Gasteiger partial charge in [0.1, 0.15) is 11.3 Å². The van der Waals surface area contributed by atoms with Crippen LogP contribution in [-0.2, 0) is 11.3 Å². The van der Waals surface area contributed by atoms with Gasteiger partial charge in [0.2, 0.25) is 5.91 Å². The summed E-state index contributed by atoms with van der Waals surface area (Å²) in [6, 6.07) is 16.3. The van der Waals surface area contributed by atoms with Crippen molar-refractivity contribution in [3.05, 3.63) is 54.4 Å². The van der Waals surface area contributed by atoms with Gasteiger partial charge in [-0.3, -0.25) is 4.79 Å². The molecule has 1 amide bonds. The molecule has 0 unspecified atom stereocenters. The van der Waals surface area contributed by atoms with E-state index in [1.807, 2.05) is 37.3 Å². The standard InChI is InChI=1S/C21H21N5O/c1-3-26(13(2)27)12-18-24-19-16-10-9-15(14-7-5-4-6-8-14)11-17(16)23-21(22)20(19)25-18/h4-11H,3,12H2,1-2H3,(H2,22,23)(H,24,25). The Bertz CT molecular complexity index is 1130. The second-order valence-electron chi connectivity index (χ2n) is 6.54. The summed E-state index contributed by atoms with van der Waals surface area (Å²) in [5, 5.41) is 0.962. The molecule has 136 valence electrons. The molecule has 0 fully saturated rings. The van der Waals surface area contributed by atoms with Crippen molar-refractivity contribution < 1.29 is 4.79 Å². The molecule has 2 aromatic carbocycles. The van der Waals surface area contributed by atoms with Gasteiger partial charge in [-0.2, -0.15) is 0 Å². The lowest BCUT2D eigenvalue weighted by Gasteiger charge is -2.16. The highest BCUT2D eigenvalue weighted by atomic mass is 16.2. The van der Waals surface area contributed by atoms with Crippen molar-refractivity contribution in [3.8, 4) is 11.1 Å². The number of carbonyl (C=O) groups excluding carboxylic acids is 1. The molecule has 0 aliphatic carbocycles. The van der Waals surface area contributed by atoms with Gasteiger partial charge in [0.15, 0.2) is 5.82 Å². The number of aromatic amines is 1. The monoisotopic (exact) mass is 359 g/mol. The van der Waals surface area contributed by atoms with Crippen LogP contribution in [0.1, 0.15) is 19.7 Å². The lowest BCUT2D eigenvalue weighted by molar-refractivity contribution is -0.129. The summed E-state index contributed by atoms with van der Waals surface area (Å²) in [5.41, 5.74) is 10.7. The van der Waals surface area contributed by atoms with E-state index in [0.717, 1.165) is 27.5 Å². The number of carbonyl (C=O) groups is 1. The fraction of sp³-hybridized carbons (Fsp3) is 0.190. The van der Waals surface area contributed by atoms with Crippen LogP contribution in [-0.4, -0.2) is 32.3 Å². The topological polar surface area (TPSA) is 87.9 Å². The van der Waals surface area contributed by atoms with E-state index >= 15 is 0 Å². The fourth-order valence-electron chi connectivity index (χ4n) is 3.33. The number of amides is 1. The van der Waals surface area contributed by atoms with E-state index in [2.05, 4.69) is 33.2 Å². The first kappa shape index (κ1) is 17.0. The third-order valence-corrected chi connectivity index (χ3v) is 4.78. The van der Waals surface area contributed by atoms with Crippen LogP contribution < -0.4 is 5.73 Å². The zero-order valence-corrected chi connectivity index (χ0v) is 15.4. The maximum atomic E-state index is 11.7. The maximum absolute atomic E-state index is 11.7. The first-order valence-electron chi connectivity index (χ1n) is 8.95. The molecular formula is C21H21N5O. The van der Waals surface area contributed by atoms with Crippen molar-refractivity contribution in [2.24, 2.45) is 0 Å². The largest absolute Gasteiger partial charge is 0.382 e. The quantitative estimate of drug-likeness (QED) is 0.581. The average Bonchev–Trinajstić information content (AvgIpc) is 3.11. The van der Waals surface area contributed by atoms with Crippen molar-refractivity contribution in [3.63, 3.8) is 0 Å². The zero-order chi connectivity index (χ0) is 19.0. The molecule has 6 heteroatoms. The molecule has 27 heavy (non-hydrogen) atoms. The minimum absolute atomic E-state index is 0.0152. The van der Waals surface area contributed by atoms with Crippen molar-refractivity contribution in [1.82, 2.24) is 19.9 Å². The first-order valence-corrected chi connectivity index (χ1v) is 8.95. The third-order valence-electron chi connectivity index (χ3n) is 4.78. The number of benzene rings is 2. The summed E-state index contributed by atoms with van der Waals surface area (Å²) < 4.78 is 0. The predicted octanol–water partition coefficient (Wildman–Crippen LogP) is 3.73. The molecule has 0 saturated carbocycles. The number of nitrogens with two attached hydrogens (primary N) is 1. The van der Waals surface area contributed by atoms with Crippen molar-refractivity contribution in [2.75, 3.05) is 12.3 Å². The third kappa shape index (κ3) is 3.10. The number of aromatic nitrogens is 3. The van der Waals surface area contributed by atoms with Crippen LogP contribution >= 0.6 is 0 Å². The average molecular weight is 359 g/mol. The van der Waals surface area contributed by atoms with E-state index < -0.39 is 0 Å². The molecule has 2 aromatic heterocycles. The van der Waals surface area contributed by atoms with Crippen LogP contribution in [0.3, 0.4) is 0 Å². The van der Waals surface area contributed by atoms with Crippen LogP contribution in [0.25, 0.3) is 33.1 Å². The van der Waals surface area contributed by atoms with Crippen LogP contribution in [0.4, 0.5) is 5.82 Å². The van der Waals surface area contributed by atoms with Gasteiger partial charge in [-0.05, 0) is 24.1 Å². The smallest absolute Gasteiger partial charge is 0.219 e. The van der Waals surface area contributed by atoms with E-state index in [4.69, 9.17) is 5.73 Å². The second-order valence-corrected chi connectivity index (χ2v) is 6.54. The van der Waals surface area contributed by atoms with Crippen molar-refractivity contribution in [2.45, 2.75) is 20.4 Å². The van der Waals surface area contributed by atoms with Crippen molar-refractivity contribution in [1.29, 1.82) is 0 Å². The molecule has 0 aliphatic rings. The van der Waals surface area contributed by atoms with Crippen LogP contribution in [0.15, 0.2) is 48.5 Å². The Labute approximate surface area is 157 Å². The van der Waals surface area contributed by atoms with Gasteiger partial charge >= 0.3 is 0 Å². The summed E-state index contributed by atoms with van der Waals surface area (Å²) in [6.45, 7) is 4.55. The molecule has 0 bridgehead atoms. The number of fused-ring (bicyclic) bond motifs is 3. The molecule has 0 spiro atoms. The van der Waals surface area contributed by atoms with Gasteiger partial charge in [-0.25, -0.2) is 9.97 Å². The number of H-pyrrole nitrogens is 1. The molecule has 4 aromatic rings. The van der Waals surface area contributed by atoms with Gasteiger partial charge in [-0.15, -0.1) is 0 Å². The number of nitrogen functional groups attached to an aromatic ring is 1. The summed E-state index contributed by atoms with van der Waals surface area (Å²) in [7, 11) is 0. The van der Waals surface area contributed by atoms with Crippen LogP contribution in [0.2, 0.25) is 0 Å². The van der Waals surface area contributed by atoms with Gasteiger partial charge in [0, 0.05) is 18.9 Å². The molecule has 6 nitrogen and oxygen atoms in total. The lowest BCUT2D eigenvalue weighted by Crippen LogP contribution is -2.28. The number of hydrogen-bond acceptors (Lipinski definition) is 4. The number of nitrogens with zero attached hydrogens (tertiary/aromatic N) is 3. The number of hydrogen-bond donors (Lipinski definition) is 2. The second kappa shape index (κ2) is 6.72. The maximum Gasteiger partial charge on any atom is 0.219 e. The Morgan fingerprint density at radius 2 is 1.89 bits per heavy atom. The highest BCUT2D eigenvalue weighted by molar-refractivity contribution is 6.07. The number of anilines is 1. The van der Waals surface area contributed by atoms with Gasteiger partial charge in [0.05, 0.1) is 17.6 Å².